The van der Waals surface area contributed by atoms with Crippen molar-refractivity contribution in [3.8, 4) is 5.75 Å². The second-order valence-corrected chi connectivity index (χ2v) is 7.38. The van der Waals surface area contributed by atoms with Gasteiger partial charge in [0.2, 0.25) is 0 Å². The number of benzene rings is 2. The van der Waals surface area contributed by atoms with Crippen LogP contribution in [0.5, 0.6) is 5.75 Å². The van der Waals surface area contributed by atoms with Gasteiger partial charge in [-0.15, -0.1) is 0 Å². The quantitative estimate of drug-likeness (QED) is 0.785. The molecule has 4 nitrogen and oxygen atoms in total. The summed E-state index contributed by atoms with van der Waals surface area (Å²) in [5.41, 5.74) is 3.00. The van der Waals surface area contributed by atoms with Crippen LogP contribution in [0.1, 0.15) is 27.9 Å². The second kappa shape index (κ2) is 5.68. The number of amides is 1. The Morgan fingerprint density at radius 1 is 1.22 bits per heavy atom. The Balaban J connectivity index is 1.45. The first-order valence-corrected chi connectivity index (χ1v) is 9.13. The van der Waals surface area contributed by atoms with E-state index in [2.05, 4.69) is 0 Å². The van der Waals surface area contributed by atoms with Crippen LogP contribution >= 0.6 is 0 Å². The highest BCUT2D eigenvalue weighted by molar-refractivity contribution is 6.12. The third-order valence-electron chi connectivity index (χ3n) is 5.94. The fourth-order valence-corrected chi connectivity index (χ4v) is 4.45. The highest BCUT2D eigenvalue weighted by Crippen LogP contribution is 2.67. The van der Waals surface area contributed by atoms with Gasteiger partial charge in [0.1, 0.15) is 5.75 Å². The molecule has 3 aliphatic rings. The van der Waals surface area contributed by atoms with E-state index in [0.717, 1.165) is 34.6 Å². The number of piperidine rings is 1. The van der Waals surface area contributed by atoms with E-state index < -0.39 is 5.41 Å². The number of rotatable bonds is 3. The zero-order valence-corrected chi connectivity index (χ0v) is 15.0. The smallest absolute Gasteiger partial charge is 0.250 e. The van der Waals surface area contributed by atoms with Gasteiger partial charge in [-0.1, -0.05) is 36.4 Å². The van der Waals surface area contributed by atoms with E-state index >= 15 is 0 Å². The van der Waals surface area contributed by atoms with Gasteiger partial charge < -0.3 is 9.64 Å². The van der Waals surface area contributed by atoms with Crippen LogP contribution in [0.2, 0.25) is 0 Å². The molecule has 2 aliphatic carbocycles. The zero-order valence-electron chi connectivity index (χ0n) is 15.0. The zero-order chi connectivity index (χ0) is 18.6. The Labute approximate surface area is 157 Å². The van der Waals surface area contributed by atoms with Gasteiger partial charge in [-0.3, -0.25) is 9.59 Å². The molecule has 1 amide bonds. The Bertz CT molecular complexity index is 1040. The molecule has 0 unspecified atom stereocenters. The van der Waals surface area contributed by atoms with Gasteiger partial charge in [0.05, 0.1) is 12.5 Å². The van der Waals surface area contributed by atoms with Crippen molar-refractivity contribution < 1.29 is 14.3 Å². The molecule has 0 N–H and O–H groups in total. The average molecular weight is 357 g/mol. The monoisotopic (exact) mass is 357 g/mol. The molecule has 5 rings (SSSR count). The fraction of sp³-hybridized carbons (Fsp3) is 0.217. The molecule has 2 fully saturated rings. The lowest BCUT2D eigenvalue weighted by Gasteiger charge is -2.27. The van der Waals surface area contributed by atoms with E-state index in [9.17, 15) is 9.59 Å². The first kappa shape index (κ1) is 16.1. The van der Waals surface area contributed by atoms with Crippen LogP contribution in [0, 0.1) is 11.3 Å². The molecule has 0 bridgehead atoms. The van der Waals surface area contributed by atoms with Crippen LogP contribution in [-0.2, 0) is 4.79 Å². The van der Waals surface area contributed by atoms with E-state index in [-0.39, 0.29) is 17.6 Å². The summed E-state index contributed by atoms with van der Waals surface area (Å²) in [5, 5.41) is 0. The highest BCUT2D eigenvalue weighted by atomic mass is 16.5. The van der Waals surface area contributed by atoms with Gasteiger partial charge in [0.15, 0.2) is 5.78 Å². The standard InChI is InChI=1S/C23H19NO3/c1-27-18-7-4-5-15(11-18)9-10-21(25)24-14-17-13-23(17)20(24)12-16-6-2-3-8-19(16)22(23)26/h2-12,17H,13-14H2,1H3/b10-9+/t17-,23+/m0/s1. The molecular formula is C23H19NO3. The maximum atomic E-state index is 13.1. The molecule has 2 aromatic rings. The minimum atomic E-state index is -0.464. The van der Waals surface area contributed by atoms with E-state index in [1.807, 2.05) is 54.6 Å². The van der Waals surface area contributed by atoms with Crippen molar-refractivity contribution >= 4 is 23.8 Å². The van der Waals surface area contributed by atoms with Crippen molar-refractivity contribution in [2.45, 2.75) is 6.42 Å². The van der Waals surface area contributed by atoms with Gasteiger partial charge in [0.25, 0.3) is 5.91 Å². The summed E-state index contributed by atoms with van der Waals surface area (Å²) in [6, 6.07) is 15.2. The SMILES string of the molecule is COc1cccc(/C=C/C(=O)N2C[C@@H]3C[C@@]34C(=O)c3ccccc3C=C24)c1. The summed E-state index contributed by atoms with van der Waals surface area (Å²) in [5.74, 6) is 1.09. The number of carbonyl (C=O) groups is 2. The molecule has 4 heteroatoms. The Morgan fingerprint density at radius 2 is 2.07 bits per heavy atom. The molecule has 0 aromatic heterocycles. The number of hydrogen-bond acceptors (Lipinski definition) is 3. The number of likely N-dealkylation sites (tertiary alicyclic amines) is 1. The maximum absolute atomic E-state index is 13.1. The molecule has 1 aliphatic heterocycles. The molecule has 1 saturated carbocycles. The summed E-state index contributed by atoms with van der Waals surface area (Å²) in [7, 11) is 1.62. The third-order valence-corrected chi connectivity index (χ3v) is 5.94. The predicted octanol–water partition coefficient (Wildman–Crippen LogP) is 3.79. The lowest BCUT2D eigenvalue weighted by Crippen LogP contribution is -2.32. The number of hydrogen-bond donors (Lipinski definition) is 0. The van der Waals surface area contributed by atoms with E-state index in [1.165, 1.54) is 0 Å². The lowest BCUT2D eigenvalue weighted by atomic mass is 9.83. The third kappa shape index (κ3) is 2.29. The molecular weight excluding hydrogens is 338 g/mol. The first-order chi connectivity index (χ1) is 13.1. The number of methoxy groups -OCH3 is 1. The topological polar surface area (TPSA) is 46.6 Å². The molecule has 134 valence electrons. The second-order valence-electron chi connectivity index (χ2n) is 7.38. The molecule has 1 spiro atoms. The van der Waals surface area contributed by atoms with Gasteiger partial charge in [-0.2, -0.15) is 0 Å². The molecule has 27 heavy (non-hydrogen) atoms. The van der Waals surface area contributed by atoms with Crippen LogP contribution in [0.25, 0.3) is 12.2 Å². The summed E-state index contributed by atoms with van der Waals surface area (Å²) in [6.45, 7) is 0.618. The summed E-state index contributed by atoms with van der Waals surface area (Å²) < 4.78 is 5.22. The molecule has 2 atom stereocenters. The van der Waals surface area contributed by atoms with Crippen molar-refractivity contribution in [2.24, 2.45) is 11.3 Å². The highest BCUT2D eigenvalue weighted by Gasteiger charge is 2.69. The van der Waals surface area contributed by atoms with Crippen molar-refractivity contribution in [3.05, 3.63) is 77.0 Å². The number of ketones is 1. The van der Waals surface area contributed by atoms with E-state index in [0.29, 0.717) is 6.54 Å². The summed E-state index contributed by atoms with van der Waals surface area (Å²) >= 11 is 0. The normalized spacial score (nSPS) is 24.9. The van der Waals surface area contributed by atoms with Crippen LogP contribution in [0.15, 0.2) is 60.3 Å². The van der Waals surface area contributed by atoms with Crippen LogP contribution in [0.3, 0.4) is 0 Å². The average Bonchev–Trinajstić information content (AvgIpc) is 3.33. The Hall–Kier alpha value is -3.14. The Morgan fingerprint density at radius 3 is 2.93 bits per heavy atom. The van der Waals surface area contributed by atoms with Gasteiger partial charge in [-0.25, -0.2) is 0 Å². The Kier molecular flexibility index (Phi) is 3.38. The van der Waals surface area contributed by atoms with Crippen LogP contribution < -0.4 is 4.74 Å². The lowest BCUT2D eigenvalue weighted by molar-refractivity contribution is -0.123. The van der Waals surface area contributed by atoms with Crippen molar-refractivity contribution in [1.29, 1.82) is 0 Å². The van der Waals surface area contributed by atoms with Crippen molar-refractivity contribution in [1.82, 2.24) is 4.90 Å². The first-order valence-electron chi connectivity index (χ1n) is 9.13. The summed E-state index contributed by atoms with van der Waals surface area (Å²) in [6.07, 6.45) is 6.26. The predicted molar refractivity (Wildman–Crippen MR) is 103 cm³/mol. The number of nitrogens with zero attached hydrogens (tertiary/aromatic N) is 1. The number of carbonyl (C=O) groups excluding carboxylic acids is 2. The van der Waals surface area contributed by atoms with E-state index in [4.69, 9.17) is 4.74 Å². The van der Waals surface area contributed by atoms with E-state index in [1.54, 1.807) is 24.2 Å². The van der Waals surface area contributed by atoms with Gasteiger partial charge in [0, 0.05) is 23.9 Å². The summed E-state index contributed by atoms with van der Waals surface area (Å²) in [4.78, 5) is 27.7. The van der Waals surface area contributed by atoms with Gasteiger partial charge >= 0.3 is 0 Å². The number of allylic oxidation sites excluding steroid dienone is 1. The van der Waals surface area contributed by atoms with Crippen molar-refractivity contribution in [3.63, 3.8) is 0 Å². The minimum absolute atomic E-state index is 0.0807. The minimum Gasteiger partial charge on any atom is -0.497 e. The molecule has 0 radical (unpaired) electrons. The van der Waals surface area contributed by atoms with Crippen molar-refractivity contribution in [2.75, 3.05) is 13.7 Å². The molecule has 1 saturated heterocycles. The van der Waals surface area contributed by atoms with Crippen LogP contribution in [0.4, 0.5) is 0 Å². The van der Waals surface area contributed by atoms with Gasteiger partial charge in [-0.05, 0) is 47.8 Å². The number of Topliss-reactive ketones (excluding diaryl/α,β-unsaturated/α-hetero) is 1. The maximum Gasteiger partial charge on any atom is 0.250 e. The number of fused-ring (bicyclic) bond motifs is 1. The molecule has 1 heterocycles. The largest absolute Gasteiger partial charge is 0.497 e. The number of ether oxygens (including phenoxy) is 1. The fourth-order valence-electron chi connectivity index (χ4n) is 4.45. The van der Waals surface area contributed by atoms with Crippen LogP contribution in [-0.4, -0.2) is 30.2 Å². The molecule has 2 aromatic carbocycles.